The lowest BCUT2D eigenvalue weighted by Gasteiger charge is -2.64. The van der Waals surface area contributed by atoms with Crippen molar-refractivity contribution in [1.29, 1.82) is 0 Å². The Kier molecular flexibility index (Phi) is 4.27. The predicted octanol–water partition coefficient (Wildman–Crippen LogP) is 2.51. The van der Waals surface area contributed by atoms with Crippen LogP contribution in [0.3, 0.4) is 0 Å². The summed E-state index contributed by atoms with van der Waals surface area (Å²) in [6.45, 7) is 9.36. The zero-order valence-electron chi connectivity index (χ0n) is 14.8. The molecular weight excluding hydrogens is 296 g/mol. The minimum Gasteiger partial charge on any atom is -0.462 e. The van der Waals surface area contributed by atoms with Gasteiger partial charge in [0.25, 0.3) is 0 Å². The number of fused-ring (bicyclic) bond motifs is 3. The first-order valence-corrected chi connectivity index (χ1v) is 8.92. The lowest BCUT2D eigenvalue weighted by Crippen LogP contribution is -2.71. The number of ether oxygens (including phenoxy) is 3. The minimum atomic E-state index is -0.784. The molecule has 1 aliphatic heterocycles. The van der Waals surface area contributed by atoms with Crippen LogP contribution in [0.1, 0.15) is 53.4 Å². The molecule has 0 aromatic rings. The molecule has 0 bridgehead atoms. The first kappa shape index (κ1) is 17.2. The smallest absolute Gasteiger partial charge is 0.306 e. The van der Waals surface area contributed by atoms with Crippen LogP contribution in [-0.4, -0.2) is 42.8 Å². The van der Waals surface area contributed by atoms with Crippen LogP contribution in [0.15, 0.2) is 0 Å². The Morgan fingerprint density at radius 3 is 2.39 bits per heavy atom. The van der Waals surface area contributed by atoms with Crippen LogP contribution in [0, 0.1) is 22.7 Å². The molecule has 0 amide bonds. The molecule has 1 saturated heterocycles. The number of carbonyl (C=O) groups excluding carboxylic acids is 1. The first-order valence-electron chi connectivity index (χ1n) is 8.92. The molecule has 1 heterocycles. The van der Waals surface area contributed by atoms with Gasteiger partial charge in [-0.1, -0.05) is 13.8 Å². The molecular formula is C18H30O5. The van der Waals surface area contributed by atoms with E-state index in [1.54, 1.807) is 0 Å². The van der Waals surface area contributed by atoms with Crippen LogP contribution < -0.4 is 0 Å². The Bertz CT molecular complexity index is 468. The number of carbonyl (C=O) groups is 1. The van der Waals surface area contributed by atoms with E-state index < -0.39 is 11.2 Å². The van der Waals surface area contributed by atoms with Crippen LogP contribution in [0.2, 0.25) is 0 Å². The number of rotatable bonds is 5. The molecule has 0 radical (unpaired) electrons. The zero-order valence-corrected chi connectivity index (χ0v) is 14.8. The van der Waals surface area contributed by atoms with Gasteiger partial charge in [0.05, 0.1) is 12.0 Å². The van der Waals surface area contributed by atoms with Gasteiger partial charge in [-0.15, -0.1) is 0 Å². The van der Waals surface area contributed by atoms with Crippen molar-refractivity contribution in [2.75, 3.05) is 19.8 Å². The van der Waals surface area contributed by atoms with Gasteiger partial charge in [-0.25, -0.2) is 0 Å². The van der Waals surface area contributed by atoms with Gasteiger partial charge < -0.3 is 19.3 Å². The molecule has 3 fully saturated rings. The second-order valence-electron chi connectivity index (χ2n) is 8.13. The van der Waals surface area contributed by atoms with Gasteiger partial charge in [0.2, 0.25) is 0 Å². The zero-order chi connectivity index (χ0) is 16.9. The van der Waals surface area contributed by atoms with Crippen molar-refractivity contribution in [3.63, 3.8) is 0 Å². The topological polar surface area (TPSA) is 65.0 Å². The Balaban J connectivity index is 2.04. The highest BCUT2D eigenvalue weighted by Crippen LogP contribution is 2.68. The molecule has 1 N–H and O–H groups in total. The molecule has 3 aliphatic rings. The summed E-state index contributed by atoms with van der Waals surface area (Å²) in [5, 5.41) is 10.5. The quantitative estimate of drug-likeness (QED) is 0.621. The van der Waals surface area contributed by atoms with Gasteiger partial charge in [0.15, 0.2) is 5.79 Å². The summed E-state index contributed by atoms with van der Waals surface area (Å²) in [5.74, 6) is -0.764. The summed E-state index contributed by atoms with van der Waals surface area (Å²) in [4.78, 5) is 12.2. The van der Waals surface area contributed by atoms with E-state index in [2.05, 4.69) is 13.8 Å². The normalized spacial score (nSPS) is 40.6. The maximum Gasteiger partial charge on any atom is 0.306 e. The Labute approximate surface area is 138 Å². The number of aliphatic hydroxyl groups is 1. The average molecular weight is 326 g/mol. The molecule has 0 aromatic heterocycles. The highest BCUT2D eigenvalue weighted by Gasteiger charge is 2.74. The molecule has 132 valence electrons. The van der Waals surface area contributed by atoms with Crippen LogP contribution in [-0.2, 0) is 19.0 Å². The third-order valence-corrected chi connectivity index (χ3v) is 6.30. The van der Waals surface area contributed by atoms with Crippen LogP contribution in [0.25, 0.3) is 0 Å². The molecule has 5 heteroatoms. The van der Waals surface area contributed by atoms with Crippen molar-refractivity contribution in [2.45, 2.75) is 65.3 Å². The number of aliphatic hydroxyl groups excluding tert-OH is 1. The Morgan fingerprint density at radius 1 is 1.17 bits per heavy atom. The summed E-state index contributed by atoms with van der Waals surface area (Å²) in [6.07, 6.45) is 2.63. The van der Waals surface area contributed by atoms with Crippen molar-refractivity contribution in [3.05, 3.63) is 0 Å². The molecule has 23 heavy (non-hydrogen) atoms. The molecule has 0 unspecified atom stereocenters. The van der Waals surface area contributed by atoms with E-state index in [1.807, 2.05) is 13.8 Å². The largest absolute Gasteiger partial charge is 0.462 e. The lowest BCUT2D eigenvalue weighted by atomic mass is 9.48. The fraction of sp³-hybridized carbons (Fsp3) is 0.944. The van der Waals surface area contributed by atoms with E-state index in [0.29, 0.717) is 26.1 Å². The van der Waals surface area contributed by atoms with Gasteiger partial charge in [0.1, 0.15) is 6.10 Å². The second kappa shape index (κ2) is 5.71. The summed E-state index contributed by atoms with van der Waals surface area (Å²) in [6, 6.07) is 0. The van der Waals surface area contributed by atoms with Crippen molar-refractivity contribution >= 4 is 5.97 Å². The number of hydrogen-bond acceptors (Lipinski definition) is 5. The summed E-state index contributed by atoms with van der Waals surface area (Å²) >= 11 is 0. The van der Waals surface area contributed by atoms with Gasteiger partial charge in [-0.3, -0.25) is 4.79 Å². The second-order valence-corrected chi connectivity index (χ2v) is 8.13. The number of hydrogen-bond donors (Lipinski definition) is 1. The molecule has 2 aliphatic carbocycles. The van der Waals surface area contributed by atoms with Crippen molar-refractivity contribution in [3.8, 4) is 0 Å². The predicted molar refractivity (Wildman–Crippen MR) is 84.6 cm³/mol. The third-order valence-electron chi connectivity index (χ3n) is 6.30. The lowest BCUT2D eigenvalue weighted by molar-refractivity contribution is -0.394. The summed E-state index contributed by atoms with van der Waals surface area (Å²) in [7, 11) is 0. The molecule has 0 aromatic carbocycles. The minimum absolute atomic E-state index is 0.0223. The van der Waals surface area contributed by atoms with E-state index in [4.69, 9.17) is 14.2 Å². The monoisotopic (exact) mass is 326 g/mol. The average Bonchev–Trinajstić information content (AvgIpc) is 2.70. The van der Waals surface area contributed by atoms with Crippen molar-refractivity contribution in [2.24, 2.45) is 22.7 Å². The molecule has 3 rings (SSSR count). The van der Waals surface area contributed by atoms with Crippen LogP contribution >= 0.6 is 0 Å². The van der Waals surface area contributed by atoms with E-state index in [9.17, 15) is 9.90 Å². The van der Waals surface area contributed by atoms with Gasteiger partial charge >= 0.3 is 5.97 Å². The van der Waals surface area contributed by atoms with E-state index in [1.165, 1.54) is 0 Å². The Morgan fingerprint density at radius 2 is 1.83 bits per heavy atom. The van der Waals surface area contributed by atoms with Crippen molar-refractivity contribution < 1.29 is 24.1 Å². The first-order chi connectivity index (χ1) is 10.8. The summed E-state index contributed by atoms with van der Waals surface area (Å²) in [5.41, 5.74) is -0.441. The fourth-order valence-corrected chi connectivity index (χ4v) is 5.53. The van der Waals surface area contributed by atoms with Crippen LogP contribution in [0.5, 0.6) is 0 Å². The third kappa shape index (κ3) is 2.35. The van der Waals surface area contributed by atoms with Crippen LogP contribution in [0.4, 0.5) is 0 Å². The highest BCUT2D eigenvalue weighted by molar-refractivity contribution is 5.71. The number of esters is 1. The fourth-order valence-electron chi connectivity index (χ4n) is 5.53. The van der Waals surface area contributed by atoms with Gasteiger partial charge in [-0.2, -0.15) is 0 Å². The van der Waals surface area contributed by atoms with Gasteiger partial charge in [0, 0.05) is 32.0 Å². The SMILES string of the molecule is CCOC1(OCC)C[C@H]2CC(=O)O[C@H]3CC(C)(C)C[C@@H]3[C@]21CO. The standard InChI is InChI=1S/C18H30O5/c1-5-21-18(22-6-2)8-12-7-15(20)23-14-10-16(3,4)9-13(14)17(12,18)11-19/h12-14,19H,5-11H2,1-4H3/t12-,13+,14+,17+/m1/s1. The highest BCUT2D eigenvalue weighted by atomic mass is 16.7. The van der Waals surface area contributed by atoms with E-state index in [0.717, 1.165) is 12.8 Å². The van der Waals surface area contributed by atoms with E-state index >= 15 is 0 Å². The maximum atomic E-state index is 12.2. The van der Waals surface area contributed by atoms with Gasteiger partial charge in [-0.05, 0) is 38.0 Å². The molecule has 2 saturated carbocycles. The molecule has 0 spiro atoms. The molecule has 5 nitrogen and oxygen atoms in total. The maximum absolute atomic E-state index is 12.2. The van der Waals surface area contributed by atoms with Crippen molar-refractivity contribution in [1.82, 2.24) is 0 Å². The van der Waals surface area contributed by atoms with E-state index in [-0.39, 0.29) is 35.9 Å². The summed E-state index contributed by atoms with van der Waals surface area (Å²) < 4.78 is 17.9. The Hall–Kier alpha value is -0.650. The molecule has 4 atom stereocenters.